The molecule has 7 heteroatoms. The molecule has 1 fully saturated rings. The minimum Gasteiger partial charge on any atom is -0.399 e. The van der Waals surface area contributed by atoms with Crippen LogP contribution in [0.4, 0.5) is 5.69 Å². The molecule has 0 bridgehead atoms. The molecule has 6 nitrogen and oxygen atoms in total. The van der Waals surface area contributed by atoms with Gasteiger partial charge in [-0.3, -0.25) is 4.90 Å². The molecule has 21 heavy (non-hydrogen) atoms. The number of sulfonamides is 1. The van der Waals surface area contributed by atoms with Crippen LogP contribution in [-0.4, -0.2) is 64.5 Å². The molecule has 0 saturated carbocycles. The Balaban J connectivity index is 2.05. The Labute approximate surface area is 127 Å². The first-order valence-corrected chi connectivity index (χ1v) is 8.52. The largest absolute Gasteiger partial charge is 0.399 e. The van der Waals surface area contributed by atoms with Gasteiger partial charge in [0.05, 0.1) is 4.90 Å². The number of rotatable bonds is 4. The molecule has 1 aliphatic rings. The molecule has 118 valence electrons. The normalized spacial score (nSPS) is 21.6. The van der Waals surface area contributed by atoms with Gasteiger partial charge in [-0.25, -0.2) is 13.1 Å². The van der Waals surface area contributed by atoms with Crippen LogP contribution in [0.5, 0.6) is 0 Å². The number of hydrogen-bond donors (Lipinski definition) is 2. The van der Waals surface area contributed by atoms with E-state index in [2.05, 4.69) is 21.6 Å². The number of likely N-dealkylation sites (N-methyl/N-ethyl adjacent to an activating group) is 2. The van der Waals surface area contributed by atoms with Gasteiger partial charge in [0, 0.05) is 37.9 Å². The SMILES string of the molecule is Cc1cc(S(=O)(=O)NCC2CN(C)CCN2C)ccc1N. The van der Waals surface area contributed by atoms with Gasteiger partial charge in [0.25, 0.3) is 0 Å². The van der Waals surface area contributed by atoms with Crippen LogP contribution in [0, 0.1) is 6.92 Å². The highest BCUT2D eigenvalue weighted by molar-refractivity contribution is 7.89. The van der Waals surface area contributed by atoms with Crippen molar-refractivity contribution in [2.75, 3.05) is 46.0 Å². The topological polar surface area (TPSA) is 78.7 Å². The van der Waals surface area contributed by atoms with Gasteiger partial charge in [0.2, 0.25) is 10.0 Å². The quantitative estimate of drug-likeness (QED) is 0.771. The fourth-order valence-corrected chi connectivity index (χ4v) is 3.58. The second kappa shape index (κ2) is 6.31. The van der Waals surface area contributed by atoms with E-state index in [4.69, 9.17) is 5.73 Å². The molecule has 0 amide bonds. The number of nitrogen functional groups attached to an aromatic ring is 1. The van der Waals surface area contributed by atoms with Crippen molar-refractivity contribution in [1.29, 1.82) is 0 Å². The molecular formula is C14H24N4O2S. The summed E-state index contributed by atoms with van der Waals surface area (Å²) in [5.41, 5.74) is 7.10. The van der Waals surface area contributed by atoms with Crippen molar-refractivity contribution in [2.24, 2.45) is 0 Å². The van der Waals surface area contributed by atoms with Gasteiger partial charge in [-0.1, -0.05) is 0 Å². The van der Waals surface area contributed by atoms with Gasteiger partial charge in [0.15, 0.2) is 0 Å². The molecule has 3 N–H and O–H groups in total. The zero-order valence-corrected chi connectivity index (χ0v) is 13.7. The van der Waals surface area contributed by atoms with Crippen molar-refractivity contribution in [1.82, 2.24) is 14.5 Å². The van der Waals surface area contributed by atoms with Gasteiger partial charge >= 0.3 is 0 Å². The Hall–Kier alpha value is -1.15. The van der Waals surface area contributed by atoms with Crippen LogP contribution in [-0.2, 0) is 10.0 Å². The van der Waals surface area contributed by atoms with Crippen LogP contribution in [0.25, 0.3) is 0 Å². The van der Waals surface area contributed by atoms with Gasteiger partial charge in [0.1, 0.15) is 0 Å². The van der Waals surface area contributed by atoms with E-state index in [1.807, 2.05) is 7.05 Å². The number of aryl methyl sites for hydroxylation is 1. The lowest BCUT2D eigenvalue weighted by atomic mass is 10.2. The first-order valence-electron chi connectivity index (χ1n) is 7.04. The number of hydrogen-bond acceptors (Lipinski definition) is 5. The maximum absolute atomic E-state index is 12.3. The van der Waals surface area contributed by atoms with E-state index in [-0.39, 0.29) is 10.9 Å². The molecule has 1 aliphatic heterocycles. The summed E-state index contributed by atoms with van der Waals surface area (Å²) in [4.78, 5) is 4.67. The third kappa shape index (κ3) is 3.94. The second-order valence-electron chi connectivity index (χ2n) is 5.77. The lowest BCUT2D eigenvalue weighted by Crippen LogP contribution is -2.54. The van der Waals surface area contributed by atoms with E-state index in [1.165, 1.54) is 0 Å². The number of benzene rings is 1. The summed E-state index contributed by atoms with van der Waals surface area (Å²) in [6, 6.07) is 4.97. The molecular weight excluding hydrogens is 288 g/mol. The standard InChI is InChI=1S/C14H24N4O2S/c1-11-8-13(4-5-14(11)15)21(19,20)16-9-12-10-17(2)6-7-18(12)3/h4-5,8,12,16H,6-7,9-10,15H2,1-3H3. The molecule has 1 aromatic carbocycles. The lowest BCUT2D eigenvalue weighted by Gasteiger charge is -2.37. The van der Waals surface area contributed by atoms with Gasteiger partial charge in [-0.05, 0) is 44.8 Å². The number of nitrogens with zero attached hydrogens (tertiary/aromatic N) is 2. The van der Waals surface area contributed by atoms with Crippen LogP contribution >= 0.6 is 0 Å². The molecule has 2 rings (SSSR count). The maximum atomic E-state index is 12.3. The van der Waals surface area contributed by atoms with Gasteiger partial charge < -0.3 is 10.6 Å². The van der Waals surface area contributed by atoms with Crippen molar-refractivity contribution >= 4 is 15.7 Å². The fourth-order valence-electron chi connectivity index (χ4n) is 2.43. The van der Waals surface area contributed by atoms with Gasteiger partial charge in [-0.2, -0.15) is 0 Å². The Bertz CT molecular complexity index is 603. The minimum atomic E-state index is -3.49. The predicted octanol–water partition coefficient (Wildman–Crippen LogP) is 0.101. The summed E-state index contributed by atoms with van der Waals surface area (Å²) in [7, 11) is 0.590. The van der Waals surface area contributed by atoms with Crippen molar-refractivity contribution in [3.8, 4) is 0 Å². The predicted molar refractivity (Wildman–Crippen MR) is 84.7 cm³/mol. The van der Waals surface area contributed by atoms with Crippen molar-refractivity contribution in [2.45, 2.75) is 17.9 Å². The van der Waals surface area contributed by atoms with Crippen molar-refractivity contribution in [3.63, 3.8) is 0 Å². The summed E-state index contributed by atoms with van der Waals surface area (Å²) in [5, 5.41) is 0. The van der Waals surface area contributed by atoms with Gasteiger partial charge in [-0.15, -0.1) is 0 Å². The first kappa shape index (κ1) is 16.2. The van der Waals surface area contributed by atoms with E-state index in [0.717, 1.165) is 25.2 Å². The summed E-state index contributed by atoms with van der Waals surface area (Å²) in [6.07, 6.45) is 0. The van der Waals surface area contributed by atoms with E-state index in [1.54, 1.807) is 25.1 Å². The second-order valence-corrected chi connectivity index (χ2v) is 7.53. The Morgan fingerprint density at radius 3 is 2.71 bits per heavy atom. The Morgan fingerprint density at radius 2 is 2.05 bits per heavy atom. The Morgan fingerprint density at radius 1 is 1.33 bits per heavy atom. The maximum Gasteiger partial charge on any atom is 0.240 e. The van der Waals surface area contributed by atoms with Crippen LogP contribution in [0.15, 0.2) is 23.1 Å². The van der Waals surface area contributed by atoms with Crippen LogP contribution in [0.2, 0.25) is 0 Å². The lowest BCUT2D eigenvalue weighted by molar-refractivity contribution is 0.117. The minimum absolute atomic E-state index is 0.188. The highest BCUT2D eigenvalue weighted by atomic mass is 32.2. The first-order chi connectivity index (χ1) is 9.79. The molecule has 0 aromatic heterocycles. The monoisotopic (exact) mass is 312 g/mol. The van der Waals surface area contributed by atoms with E-state index >= 15 is 0 Å². The Kier molecular flexibility index (Phi) is 4.88. The zero-order valence-electron chi connectivity index (χ0n) is 12.8. The summed E-state index contributed by atoms with van der Waals surface area (Å²) >= 11 is 0. The molecule has 1 unspecified atom stereocenters. The van der Waals surface area contributed by atoms with E-state index in [9.17, 15) is 8.42 Å². The van der Waals surface area contributed by atoms with Crippen molar-refractivity contribution < 1.29 is 8.42 Å². The zero-order chi connectivity index (χ0) is 15.6. The summed E-state index contributed by atoms with van der Waals surface area (Å²) in [5.74, 6) is 0. The molecule has 1 saturated heterocycles. The fraction of sp³-hybridized carbons (Fsp3) is 0.571. The average molecular weight is 312 g/mol. The molecule has 1 heterocycles. The van der Waals surface area contributed by atoms with Crippen LogP contribution in [0.1, 0.15) is 5.56 Å². The molecule has 1 atom stereocenters. The molecule has 0 aliphatic carbocycles. The number of nitrogens with two attached hydrogens (primary N) is 1. The van der Waals surface area contributed by atoms with Crippen LogP contribution < -0.4 is 10.5 Å². The van der Waals surface area contributed by atoms with E-state index in [0.29, 0.717) is 12.2 Å². The average Bonchev–Trinajstić information content (AvgIpc) is 2.43. The smallest absolute Gasteiger partial charge is 0.240 e. The van der Waals surface area contributed by atoms with E-state index < -0.39 is 10.0 Å². The number of piperazine rings is 1. The molecule has 0 spiro atoms. The molecule has 0 radical (unpaired) electrons. The molecule has 1 aromatic rings. The number of nitrogens with one attached hydrogen (secondary N) is 1. The highest BCUT2D eigenvalue weighted by Gasteiger charge is 2.24. The number of anilines is 1. The van der Waals surface area contributed by atoms with Crippen LogP contribution in [0.3, 0.4) is 0 Å². The van der Waals surface area contributed by atoms with Crippen molar-refractivity contribution in [3.05, 3.63) is 23.8 Å². The summed E-state index contributed by atoms with van der Waals surface area (Å²) in [6.45, 7) is 5.03. The summed E-state index contributed by atoms with van der Waals surface area (Å²) < 4.78 is 27.4. The highest BCUT2D eigenvalue weighted by Crippen LogP contribution is 2.17. The third-order valence-corrected chi connectivity index (χ3v) is 5.46. The third-order valence-electron chi connectivity index (χ3n) is 4.04.